The molecule has 1 aliphatic carbocycles. The second-order valence-electron chi connectivity index (χ2n) is 6.57. The average molecular weight is 292 g/mol. The van der Waals surface area contributed by atoms with E-state index < -0.39 is 0 Å². The molecule has 2 aliphatic heterocycles. The monoisotopic (exact) mass is 292 g/mol. The molecule has 2 N–H and O–H groups in total. The second kappa shape index (κ2) is 4.97. The fourth-order valence-corrected chi connectivity index (χ4v) is 4.85. The van der Waals surface area contributed by atoms with Crippen LogP contribution in [0.1, 0.15) is 48.6 Å². The number of likely N-dealkylation sites (N-methyl/N-ethyl adjacent to an activating group) is 1. The smallest absolute Gasteiger partial charge is 0.185 e. The van der Waals surface area contributed by atoms with Gasteiger partial charge in [-0.05, 0) is 39.2 Å². The zero-order chi connectivity index (χ0) is 13.7. The molecule has 0 radical (unpaired) electrons. The number of rotatable bonds is 3. The first-order chi connectivity index (χ1) is 9.76. The van der Waals surface area contributed by atoms with Crippen LogP contribution in [0.5, 0.6) is 0 Å². The van der Waals surface area contributed by atoms with E-state index in [2.05, 4.69) is 16.8 Å². The van der Waals surface area contributed by atoms with Gasteiger partial charge in [-0.2, -0.15) is 0 Å². The number of hydrogen-bond donors (Lipinski definition) is 1. The predicted molar refractivity (Wildman–Crippen MR) is 83.4 cm³/mol. The molecular weight excluding hydrogens is 268 g/mol. The van der Waals surface area contributed by atoms with Gasteiger partial charge in [0.1, 0.15) is 0 Å². The molecule has 2 unspecified atom stereocenters. The second-order valence-corrected chi connectivity index (χ2v) is 7.63. The predicted octanol–water partition coefficient (Wildman–Crippen LogP) is 2.15. The normalized spacial score (nSPS) is 30.8. The van der Waals surface area contributed by atoms with E-state index in [-0.39, 0.29) is 0 Å². The van der Waals surface area contributed by atoms with Crippen LogP contribution in [0.15, 0.2) is 0 Å². The van der Waals surface area contributed by atoms with Crippen molar-refractivity contribution in [2.24, 2.45) is 5.73 Å². The molecule has 4 rings (SSSR count). The first-order valence-electron chi connectivity index (χ1n) is 7.93. The van der Waals surface area contributed by atoms with Gasteiger partial charge in [0.25, 0.3) is 0 Å². The van der Waals surface area contributed by atoms with Crippen molar-refractivity contribution >= 4 is 16.5 Å². The summed E-state index contributed by atoms with van der Waals surface area (Å²) in [5.41, 5.74) is 7.23. The van der Waals surface area contributed by atoms with E-state index in [0.29, 0.717) is 12.5 Å². The van der Waals surface area contributed by atoms with Crippen molar-refractivity contribution in [3.05, 3.63) is 10.6 Å². The summed E-state index contributed by atoms with van der Waals surface area (Å²) in [5.74, 6) is 0.713. The van der Waals surface area contributed by atoms with Gasteiger partial charge in [0.2, 0.25) is 0 Å². The summed E-state index contributed by atoms with van der Waals surface area (Å²) in [6.07, 6.45) is 6.63. The Morgan fingerprint density at radius 1 is 1.20 bits per heavy atom. The SMILES string of the molecule is CN1C2CCC1CN(c1nc(C3CC3)c(CN)s1)CC2. The van der Waals surface area contributed by atoms with Crippen LogP contribution in [0.4, 0.5) is 5.13 Å². The molecule has 2 bridgehead atoms. The molecule has 0 amide bonds. The minimum absolute atomic E-state index is 0.656. The highest BCUT2D eigenvalue weighted by molar-refractivity contribution is 7.15. The fourth-order valence-electron chi connectivity index (χ4n) is 3.79. The van der Waals surface area contributed by atoms with Crippen LogP contribution in [-0.4, -0.2) is 42.1 Å². The Hall–Kier alpha value is -0.650. The Morgan fingerprint density at radius 3 is 2.75 bits per heavy atom. The Bertz CT molecular complexity index is 496. The summed E-state index contributed by atoms with van der Waals surface area (Å²) >= 11 is 1.84. The van der Waals surface area contributed by atoms with Gasteiger partial charge in [0.15, 0.2) is 5.13 Å². The number of thiazole rings is 1. The lowest BCUT2D eigenvalue weighted by atomic mass is 10.1. The number of aromatic nitrogens is 1. The number of anilines is 1. The van der Waals surface area contributed by atoms with Gasteiger partial charge < -0.3 is 10.6 Å². The lowest BCUT2D eigenvalue weighted by molar-refractivity contribution is 0.254. The number of nitrogens with two attached hydrogens (primary N) is 1. The summed E-state index contributed by atoms with van der Waals surface area (Å²) in [4.78, 5) is 11.4. The van der Waals surface area contributed by atoms with Crippen molar-refractivity contribution in [3.63, 3.8) is 0 Å². The Labute approximate surface area is 125 Å². The molecule has 2 saturated heterocycles. The van der Waals surface area contributed by atoms with E-state index in [4.69, 9.17) is 10.7 Å². The first-order valence-corrected chi connectivity index (χ1v) is 8.74. The van der Waals surface area contributed by atoms with Gasteiger partial charge in [0, 0.05) is 42.5 Å². The Morgan fingerprint density at radius 2 is 2.00 bits per heavy atom. The van der Waals surface area contributed by atoms with Crippen molar-refractivity contribution < 1.29 is 0 Å². The van der Waals surface area contributed by atoms with E-state index in [1.54, 1.807) is 0 Å². The molecule has 1 aromatic heterocycles. The van der Waals surface area contributed by atoms with Crippen LogP contribution >= 0.6 is 11.3 Å². The van der Waals surface area contributed by atoms with Gasteiger partial charge >= 0.3 is 0 Å². The molecule has 3 fully saturated rings. The maximum absolute atomic E-state index is 5.92. The molecule has 0 spiro atoms. The minimum atomic E-state index is 0.656. The quantitative estimate of drug-likeness (QED) is 0.927. The highest BCUT2D eigenvalue weighted by Gasteiger charge is 2.36. The average Bonchev–Trinajstić information content (AvgIpc) is 3.12. The zero-order valence-electron chi connectivity index (χ0n) is 12.2. The lowest BCUT2D eigenvalue weighted by Gasteiger charge is -2.25. The van der Waals surface area contributed by atoms with Crippen molar-refractivity contribution in [1.82, 2.24) is 9.88 Å². The first kappa shape index (κ1) is 13.0. The van der Waals surface area contributed by atoms with E-state index >= 15 is 0 Å². The number of nitrogens with zero attached hydrogens (tertiary/aromatic N) is 3. The van der Waals surface area contributed by atoms with Crippen molar-refractivity contribution in [1.29, 1.82) is 0 Å². The molecule has 110 valence electrons. The van der Waals surface area contributed by atoms with Crippen LogP contribution in [0, 0.1) is 0 Å². The molecule has 20 heavy (non-hydrogen) atoms. The molecule has 2 atom stereocenters. The highest BCUT2D eigenvalue weighted by Crippen LogP contribution is 2.44. The van der Waals surface area contributed by atoms with Crippen LogP contribution < -0.4 is 10.6 Å². The Balaban J connectivity index is 1.58. The van der Waals surface area contributed by atoms with Crippen molar-refractivity contribution in [3.8, 4) is 0 Å². The van der Waals surface area contributed by atoms with E-state index in [9.17, 15) is 0 Å². The van der Waals surface area contributed by atoms with E-state index in [1.165, 1.54) is 47.8 Å². The summed E-state index contributed by atoms with van der Waals surface area (Å²) in [5, 5.41) is 1.23. The highest BCUT2D eigenvalue weighted by atomic mass is 32.1. The van der Waals surface area contributed by atoms with E-state index in [1.807, 2.05) is 11.3 Å². The van der Waals surface area contributed by atoms with E-state index in [0.717, 1.165) is 25.2 Å². The molecule has 3 aliphatic rings. The van der Waals surface area contributed by atoms with Crippen LogP contribution in [-0.2, 0) is 6.54 Å². The van der Waals surface area contributed by atoms with Gasteiger partial charge in [-0.25, -0.2) is 4.98 Å². The maximum atomic E-state index is 5.92. The third-order valence-electron chi connectivity index (χ3n) is 5.28. The standard InChI is InChI=1S/C15H24N4S/c1-18-11-4-5-12(18)9-19(7-6-11)15-17-14(10-2-3-10)13(8-16)20-15/h10-12H,2-9,16H2,1H3. The van der Waals surface area contributed by atoms with Gasteiger partial charge in [0.05, 0.1) is 5.69 Å². The fraction of sp³-hybridized carbons (Fsp3) is 0.800. The summed E-state index contributed by atoms with van der Waals surface area (Å²) in [6.45, 7) is 2.96. The molecule has 1 saturated carbocycles. The van der Waals surface area contributed by atoms with Gasteiger partial charge in [-0.1, -0.05) is 0 Å². The summed E-state index contributed by atoms with van der Waals surface area (Å²) < 4.78 is 0. The summed E-state index contributed by atoms with van der Waals surface area (Å²) in [7, 11) is 2.30. The Kier molecular flexibility index (Phi) is 3.24. The number of fused-ring (bicyclic) bond motifs is 2. The molecule has 0 aromatic carbocycles. The van der Waals surface area contributed by atoms with Crippen molar-refractivity contribution in [2.45, 2.75) is 56.7 Å². The summed E-state index contributed by atoms with van der Waals surface area (Å²) in [6, 6.07) is 1.51. The maximum Gasteiger partial charge on any atom is 0.185 e. The third-order valence-corrected chi connectivity index (χ3v) is 6.44. The van der Waals surface area contributed by atoms with Crippen LogP contribution in [0.25, 0.3) is 0 Å². The molecular formula is C15H24N4S. The molecule has 4 nitrogen and oxygen atoms in total. The molecule has 3 heterocycles. The number of hydrogen-bond acceptors (Lipinski definition) is 5. The molecule has 5 heteroatoms. The molecule has 1 aromatic rings. The van der Waals surface area contributed by atoms with Crippen LogP contribution in [0.2, 0.25) is 0 Å². The lowest BCUT2D eigenvalue weighted by Crippen LogP contribution is -2.36. The van der Waals surface area contributed by atoms with Gasteiger partial charge in [-0.3, -0.25) is 4.90 Å². The minimum Gasteiger partial charge on any atom is -0.346 e. The topological polar surface area (TPSA) is 45.4 Å². The largest absolute Gasteiger partial charge is 0.346 e. The van der Waals surface area contributed by atoms with Gasteiger partial charge in [-0.15, -0.1) is 11.3 Å². The van der Waals surface area contributed by atoms with Crippen molar-refractivity contribution in [2.75, 3.05) is 25.0 Å². The zero-order valence-corrected chi connectivity index (χ0v) is 13.0. The van der Waals surface area contributed by atoms with Crippen LogP contribution in [0.3, 0.4) is 0 Å². The third kappa shape index (κ3) is 2.16.